The van der Waals surface area contributed by atoms with E-state index in [1.807, 2.05) is 0 Å². The van der Waals surface area contributed by atoms with Gasteiger partial charge in [-0.3, -0.25) is 4.90 Å². The fourth-order valence-electron chi connectivity index (χ4n) is 2.35. The van der Waals surface area contributed by atoms with Crippen molar-refractivity contribution in [1.82, 2.24) is 20.4 Å². The Kier molecular flexibility index (Phi) is 4.72. The second kappa shape index (κ2) is 6.29. The van der Waals surface area contributed by atoms with Crippen molar-refractivity contribution >= 4 is 0 Å². The number of likely N-dealkylation sites (N-methyl/N-ethyl adjacent to an activating group) is 1. The Bertz CT molecular complexity index is 358. The molecule has 102 valence electrons. The molecule has 1 N–H and O–H groups in total. The van der Waals surface area contributed by atoms with Gasteiger partial charge in [-0.2, -0.15) is 4.98 Å². The summed E-state index contributed by atoms with van der Waals surface area (Å²) < 4.78 is 5.30. The van der Waals surface area contributed by atoms with E-state index in [0.29, 0.717) is 12.0 Å². The molecule has 0 amide bonds. The third-order valence-electron chi connectivity index (χ3n) is 3.38. The van der Waals surface area contributed by atoms with Crippen molar-refractivity contribution in [3.8, 4) is 0 Å². The molecule has 1 aromatic rings. The Hall–Kier alpha value is -0.940. The summed E-state index contributed by atoms with van der Waals surface area (Å²) in [6, 6.07) is 0.583. The molecular weight excluding hydrogens is 228 g/mol. The van der Waals surface area contributed by atoms with Gasteiger partial charge < -0.3 is 9.84 Å². The lowest BCUT2D eigenvalue weighted by Gasteiger charge is -2.30. The van der Waals surface area contributed by atoms with Gasteiger partial charge in [-0.25, -0.2) is 0 Å². The van der Waals surface area contributed by atoms with Gasteiger partial charge in [0, 0.05) is 19.0 Å². The van der Waals surface area contributed by atoms with E-state index < -0.39 is 0 Å². The Morgan fingerprint density at radius 3 is 3.00 bits per heavy atom. The van der Waals surface area contributed by atoms with Crippen LogP contribution in [0.25, 0.3) is 0 Å². The number of rotatable bonds is 5. The SMILES string of the molecule is CC(C)Cc1noc(CN(C)C2CCCNC2)n1. The van der Waals surface area contributed by atoms with E-state index in [4.69, 9.17) is 4.52 Å². The molecule has 1 atom stereocenters. The van der Waals surface area contributed by atoms with Crippen molar-refractivity contribution in [2.75, 3.05) is 20.1 Å². The molecule has 1 aliphatic heterocycles. The Balaban J connectivity index is 1.86. The number of nitrogens with zero attached hydrogens (tertiary/aromatic N) is 3. The summed E-state index contributed by atoms with van der Waals surface area (Å²) in [6.07, 6.45) is 3.38. The maximum Gasteiger partial charge on any atom is 0.240 e. The summed E-state index contributed by atoms with van der Waals surface area (Å²) in [5.74, 6) is 2.13. The first-order valence-electron chi connectivity index (χ1n) is 6.87. The third kappa shape index (κ3) is 3.78. The number of hydrogen-bond donors (Lipinski definition) is 1. The summed E-state index contributed by atoms with van der Waals surface area (Å²) in [5, 5.41) is 7.45. The summed E-state index contributed by atoms with van der Waals surface area (Å²) in [5.41, 5.74) is 0. The quantitative estimate of drug-likeness (QED) is 0.859. The number of piperidine rings is 1. The van der Waals surface area contributed by atoms with E-state index in [2.05, 4.69) is 41.3 Å². The molecule has 0 radical (unpaired) electrons. The van der Waals surface area contributed by atoms with E-state index in [9.17, 15) is 0 Å². The molecule has 0 aromatic carbocycles. The highest BCUT2D eigenvalue weighted by Gasteiger charge is 2.19. The second-order valence-corrected chi connectivity index (χ2v) is 5.62. The van der Waals surface area contributed by atoms with Crippen LogP contribution in [0.1, 0.15) is 38.4 Å². The number of aromatic nitrogens is 2. The van der Waals surface area contributed by atoms with Crippen LogP contribution in [-0.2, 0) is 13.0 Å². The first-order valence-corrected chi connectivity index (χ1v) is 6.87. The third-order valence-corrected chi connectivity index (χ3v) is 3.38. The highest BCUT2D eigenvalue weighted by molar-refractivity contribution is 4.88. The lowest BCUT2D eigenvalue weighted by atomic mass is 10.1. The van der Waals surface area contributed by atoms with Gasteiger partial charge in [0.15, 0.2) is 5.82 Å². The second-order valence-electron chi connectivity index (χ2n) is 5.62. The van der Waals surface area contributed by atoms with Crippen LogP contribution in [0.2, 0.25) is 0 Å². The van der Waals surface area contributed by atoms with Gasteiger partial charge in [-0.05, 0) is 32.4 Å². The lowest BCUT2D eigenvalue weighted by Crippen LogP contribution is -2.43. The molecule has 0 saturated carbocycles. The van der Waals surface area contributed by atoms with Crippen LogP contribution < -0.4 is 5.32 Å². The molecule has 1 fully saturated rings. The van der Waals surface area contributed by atoms with Crippen LogP contribution in [0.5, 0.6) is 0 Å². The molecule has 2 rings (SSSR count). The van der Waals surface area contributed by atoms with E-state index >= 15 is 0 Å². The first kappa shape index (κ1) is 13.5. The van der Waals surface area contributed by atoms with Crippen molar-refractivity contribution in [1.29, 1.82) is 0 Å². The Morgan fingerprint density at radius 1 is 1.50 bits per heavy atom. The highest BCUT2D eigenvalue weighted by Crippen LogP contribution is 2.12. The van der Waals surface area contributed by atoms with E-state index in [0.717, 1.165) is 37.8 Å². The fraction of sp³-hybridized carbons (Fsp3) is 0.846. The molecular formula is C13H24N4O. The van der Waals surface area contributed by atoms with Gasteiger partial charge >= 0.3 is 0 Å². The fourth-order valence-corrected chi connectivity index (χ4v) is 2.35. The zero-order valence-corrected chi connectivity index (χ0v) is 11.6. The van der Waals surface area contributed by atoms with Gasteiger partial charge in [0.2, 0.25) is 5.89 Å². The molecule has 1 unspecified atom stereocenters. The molecule has 0 aliphatic carbocycles. The van der Waals surface area contributed by atoms with Gasteiger partial charge in [0.1, 0.15) is 0 Å². The monoisotopic (exact) mass is 252 g/mol. The standard InChI is InChI=1S/C13H24N4O/c1-10(2)7-12-15-13(18-16-12)9-17(3)11-5-4-6-14-8-11/h10-11,14H,4-9H2,1-3H3. The Labute approximate surface area is 109 Å². The largest absolute Gasteiger partial charge is 0.338 e. The molecule has 0 bridgehead atoms. The normalized spacial score (nSPS) is 20.8. The Morgan fingerprint density at radius 2 is 2.33 bits per heavy atom. The summed E-state index contributed by atoms with van der Waals surface area (Å²) in [4.78, 5) is 6.75. The summed E-state index contributed by atoms with van der Waals surface area (Å²) >= 11 is 0. The van der Waals surface area contributed by atoms with Crippen molar-refractivity contribution in [3.63, 3.8) is 0 Å². The van der Waals surface area contributed by atoms with Crippen molar-refractivity contribution in [2.24, 2.45) is 5.92 Å². The molecule has 1 aromatic heterocycles. The van der Waals surface area contributed by atoms with Gasteiger partial charge in [-0.1, -0.05) is 19.0 Å². The molecule has 2 heterocycles. The lowest BCUT2D eigenvalue weighted by molar-refractivity contribution is 0.174. The van der Waals surface area contributed by atoms with Crippen molar-refractivity contribution < 1.29 is 4.52 Å². The number of hydrogen-bond acceptors (Lipinski definition) is 5. The predicted octanol–water partition coefficient (Wildman–Crippen LogP) is 1.45. The van der Waals surface area contributed by atoms with Crippen molar-refractivity contribution in [2.45, 2.75) is 45.7 Å². The predicted molar refractivity (Wildman–Crippen MR) is 70.2 cm³/mol. The van der Waals surface area contributed by atoms with Gasteiger partial charge in [-0.15, -0.1) is 0 Å². The zero-order valence-electron chi connectivity index (χ0n) is 11.6. The molecule has 0 spiro atoms. The van der Waals surface area contributed by atoms with E-state index in [1.165, 1.54) is 12.8 Å². The van der Waals surface area contributed by atoms with Crippen molar-refractivity contribution in [3.05, 3.63) is 11.7 Å². The topological polar surface area (TPSA) is 54.2 Å². The number of nitrogens with one attached hydrogen (secondary N) is 1. The molecule has 18 heavy (non-hydrogen) atoms. The highest BCUT2D eigenvalue weighted by atomic mass is 16.5. The van der Waals surface area contributed by atoms with Crippen LogP contribution in [0.15, 0.2) is 4.52 Å². The molecule has 5 nitrogen and oxygen atoms in total. The minimum absolute atomic E-state index is 0.565. The molecule has 5 heteroatoms. The maximum absolute atomic E-state index is 5.30. The van der Waals surface area contributed by atoms with Crippen LogP contribution in [0.3, 0.4) is 0 Å². The summed E-state index contributed by atoms with van der Waals surface area (Å²) in [7, 11) is 2.13. The smallest absolute Gasteiger partial charge is 0.240 e. The van der Waals surface area contributed by atoms with E-state index in [1.54, 1.807) is 0 Å². The van der Waals surface area contributed by atoms with Gasteiger partial charge in [0.05, 0.1) is 6.54 Å². The maximum atomic E-state index is 5.30. The van der Waals surface area contributed by atoms with Crippen LogP contribution >= 0.6 is 0 Å². The average molecular weight is 252 g/mol. The van der Waals surface area contributed by atoms with Crippen LogP contribution in [-0.4, -0.2) is 41.2 Å². The molecule has 1 aliphatic rings. The molecule has 1 saturated heterocycles. The van der Waals surface area contributed by atoms with Crippen LogP contribution in [0.4, 0.5) is 0 Å². The summed E-state index contributed by atoms with van der Waals surface area (Å²) in [6.45, 7) is 7.27. The zero-order chi connectivity index (χ0) is 13.0. The van der Waals surface area contributed by atoms with Gasteiger partial charge in [0.25, 0.3) is 0 Å². The van der Waals surface area contributed by atoms with Crippen LogP contribution in [0, 0.1) is 5.92 Å². The average Bonchev–Trinajstić information content (AvgIpc) is 2.76. The minimum atomic E-state index is 0.565. The van der Waals surface area contributed by atoms with E-state index in [-0.39, 0.29) is 0 Å². The first-order chi connectivity index (χ1) is 8.65. The minimum Gasteiger partial charge on any atom is -0.338 e.